The van der Waals surface area contributed by atoms with E-state index in [0.29, 0.717) is 5.75 Å². The van der Waals surface area contributed by atoms with Crippen LogP contribution in [0.25, 0.3) is 0 Å². The smallest absolute Gasteiger partial charge is 0.279 e. The van der Waals surface area contributed by atoms with Crippen molar-refractivity contribution in [3.63, 3.8) is 0 Å². The highest BCUT2D eigenvalue weighted by Gasteiger charge is 2.33. The zero-order chi connectivity index (χ0) is 10.8. The van der Waals surface area contributed by atoms with Crippen molar-refractivity contribution in [2.45, 2.75) is 19.0 Å². The van der Waals surface area contributed by atoms with Crippen molar-refractivity contribution in [3.05, 3.63) is 0 Å². The summed E-state index contributed by atoms with van der Waals surface area (Å²) in [4.78, 5) is 24.9. The summed E-state index contributed by atoms with van der Waals surface area (Å²) in [5.41, 5.74) is 0. The molecule has 0 aromatic heterocycles. The number of thioether (sulfide) groups is 1. The van der Waals surface area contributed by atoms with Gasteiger partial charge >= 0.3 is 0 Å². The Morgan fingerprint density at radius 1 is 1.60 bits per heavy atom. The Labute approximate surface area is 93.0 Å². The summed E-state index contributed by atoms with van der Waals surface area (Å²) in [5, 5.41) is 5.83. The molecule has 2 rings (SSSR count). The number of hydrogen-bond acceptors (Lipinski definition) is 4. The van der Waals surface area contributed by atoms with Gasteiger partial charge in [-0.05, 0) is 6.92 Å². The van der Waals surface area contributed by atoms with Crippen LogP contribution in [0.4, 0.5) is 4.79 Å². The van der Waals surface area contributed by atoms with Crippen LogP contribution in [0.15, 0.2) is 0 Å². The van der Waals surface area contributed by atoms with Crippen LogP contribution >= 0.6 is 11.8 Å². The molecule has 2 atom stereocenters. The molecule has 0 saturated carbocycles. The minimum atomic E-state index is -0.317. The van der Waals surface area contributed by atoms with Gasteiger partial charge < -0.3 is 15.5 Å². The zero-order valence-electron chi connectivity index (χ0n) is 8.66. The minimum absolute atomic E-state index is 0.0577. The van der Waals surface area contributed by atoms with E-state index in [1.807, 2.05) is 11.8 Å². The van der Waals surface area contributed by atoms with Crippen molar-refractivity contribution in [2.75, 3.05) is 25.4 Å². The third kappa shape index (κ3) is 2.26. The number of piperazine rings is 1. The van der Waals surface area contributed by atoms with Crippen LogP contribution in [0.3, 0.4) is 0 Å². The van der Waals surface area contributed by atoms with E-state index < -0.39 is 0 Å². The molecule has 0 aromatic rings. The molecule has 2 amide bonds. The Morgan fingerprint density at radius 3 is 3.00 bits per heavy atom. The molecule has 15 heavy (non-hydrogen) atoms. The van der Waals surface area contributed by atoms with E-state index in [4.69, 9.17) is 0 Å². The summed E-state index contributed by atoms with van der Waals surface area (Å²) in [6.45, 7) is 4.43. The second-order valence-corrected chi connectivity index (χ2v) is 4.87. The zero-order valence-corrected chi connectivity index (χ0v) is 9.47. The van der Waals surface area contributed by atoms with E-state index in [0.717, 1.165) is 19.6 Å². The average molecular weight is 229 g/mol. The summed E-state index contributed by atoms with van der Waals surface area (Å²) < 4.78 is 0. The van der Waals surface area contributed by atoms with Crippen molar-refractivity contribution >= 4 is 22.9 Å². The molecule has 5 nitrogen and oxygen atoms in total. The highest BCUT2D eigenvalue weighted by Crippen LogP contribution is 2.16. The lowest BCUT2D eigenvalue weighted by molar-refractivity contribution is -0.135. The Morgan fingerprint density at radius 2 is 2.40 bits per heavy atom. The second-order valence-electron chi connectivity index (χ2n) is 3.88. The van der Waals surface area contributed by atoms with E-state index in [-0.39, 0.29) is 23.2 Å². The van der Waals surface area contributed by atoms with E-state index in [1.54, 1.807) is 0 Å². The molecular weight excluding hydrogens is 214 g/mol. The van der Waals surface area contributed by atoms with Crippen molar-refractivity contribution in [1.82, 2.24) is 15.5 Å². The van der Waals surface area contributed by atoms with Crippen LogP contribution in [-0.2, 0) is 4.79 Å². The highest BCUT2D eigenvalue weighted by atomic mass is 32.2. The Kier molecular flexibility index (Phi) is 3.16. The second kappa shape index (κ2) is 4.40. The number of amides is 2. The van der Waals surface area contributed by atoms with Crippen molar-refractivity contribution in [3.8, 4) is 0 Å². The first-order valence-electron chi connectivity index (χ1n) is 5.13. The minimum Gasteiger partial charge on any atom is -0.336 e. The number of nitrogens with zero attached hydrogens (tertiary/aromatic N) is 1. The molecule has 0 aromatic carbocycles. The Bertz CT molecular complexity index is 285. The van der Waals surface area contributed by atoms with E-state index >= 15 is 0 Å². The van der Waals surface area contributed by atoms with Gasteiger partial charge in [-0.3, -0.25) is 9.59 Å². The fraction of sp³-hybridized carbons (Fsp3) is 0.778. The molecule has 0 spiro atoms. The van der Waals surface area contributed by atoms with Gasteiger partial charge in [0, 0.05) is 31.4 Å². The molecule has 2 fully saturated rings. The van der Waals surface area contributed by atoms with Crippen molar-refractivity contribution in [2.24, 2.45) is 0 Å². The fourth-order valence-electron chi connectivity index (χ4n) is 1.89. The van der Waals surface area contributed by atoms with Gasteiger partial charge in [-0.15, -0.1) is 0 Å². The number of hydrogen-bond donors (Lipinski definition) is 2. The highest BCUT2D eigenvalue weighted by molar-refractivity contribution is 8.14. The van der Waals surface area contributed by atoms with Gasteiger partial charge in [0.05, 0.1) is 0 Å². The predicted molar refractivity (Wildman–Crippen MR) is 58.8 cm³/mol. The van der Waals surface area contributed by atoms with Crippen LogP contribution in [0, 0.1) is 0 Å². The van der Waals surface area contributed by atoms with E-state index in [9.17, 15) is 9.59 Å². The lowest BCUT2D eigenvalue weighted by atomic mass is 10.2. The van der Waals surface area contributed by atoms with Gasteiger partial charge in [0.25, 0.3) is 5.24 Å². The molecular formula is C9H15N3O2S. The van der Waals surface area contributed by atoms with Gasteiger partial charge in [0.2, 0.25) is 5.91 Å². The molecule has 0 aliphatic carbocycles. The van der Waals surface area contributed by atoms with Crippen LogP contribution in [0.2, 0.25) is 0 Å². The summed E-state index contributed by atoms with van der Waals surface area (Å²) in [6.07, 6.45) is 0. The van der Waals surface area contributed by atoms with E-state index in [1.165, 1.54) is 11.8 Å². The SMILES string of the molecule is C[C@@H]1CNCCN1C(=O)C1CSC(=O)N1. The van der Waals surface area contributed by atoms with Crippen LogP contribution in [0.1, 0.15) is 6.92 Å². The maximum absolute atomic E-state index is 12.0. The monoisotopic (exact) mass is 229 g/mol. The number of rotatable bonds is 1. The average Bonchev–Trinajstić information content (AvgIpc) is 2.65. The van der Waals surface area contributed by atoms with Crippen LogP contribution in [0.5, 0.6) is 0 Å². The van der Waals surface area contributed by atoms with Gasteiger partial charge in [0.1, 0.15) is 6.04 Å². The number of carbonyl (C=O) groups is 2. The molecule has 6 heteroatoms. The van der Waals surface area contributed by atoms with Gasteiger partial charge in [-0.1, -0.05) is 11.8 Å². The first-order valence-corrected chi connectivity index (χ1v) is 6.11. The molecule has 1 unspecified atom stereocenters. The molecule has 2 heterocycles. The number of carbonyl (C=O) groups excluding carboxylic acids is 2. The number of nitrogens with one attached hydrogen (secondary N) is 2. The Balaban J connectivity index is 1.97. The fourth-order valence-corrected chi connectivity index (χ4v) is 2.66. The summed E-state index contributed by atoms with van der Waals surface area (Å²) in [7, 11) is 0. The Hall–Kier alpha value is -0.750. The molecule has 0 radical (unpaired) electrons. The normalized spacial score (nSPS) is 31.5. The third-order valence-corrected chi connectivity index (χ3v) is 3.64. The van der Waals surface area contributed by atoms with Gasteiger partial charge in [-0.25, -0.2) is 0 Å². The summed E-state index contributed by atoms with van der Waals surface area (Å²) in [5.74, 6) is 0.622. The molecule has 2 aliphatic rings. The lowest BCUT2D eigenvalue weighted by Crippen LogP contribution is -2.56. The lowest BCUT2D eigenvalue weighted by Gasteiger charge is -2.35. The molecule has 2 N–H and O–H groups in total. The first-order chi connectivity index (χ1) is 7.18. The molecule has 84 valence electrons. The molecule has 2 aliphatic heterocycles. The maximum atomic E-state index is 12.0. The van der Waals surface area contributed by atoms with Gasteiger partial charge in [-0.2, -0.15) is 0 Å². The summed E-state index contributed by atoms with van der Waals surface area (Å²) >= 11 is 1.19. The largest absolute Gasteiger partial charge is 0.336 e. The summed E-state index contributed by atoms with van der Waals surface area (Å²) in [6, 6.07) is -0.100. The standard InChI is InChI=1S/C9H15N3O2S/c1-6-4-10-2-3-12(6)8(13)7-5-15-9(14)11-7/h6-7,10H,2-5H2,1H3,(H,11,14)/t6-,7?/m1/s1. The van der Waals surface area contributed by atoms with Crippen molar-refractivity contribution < 1.29 is 9.59 Å². The quantitative estimate of drug-likeness (QED) is 0.644. The van der Waals surface area contributed by atoms with E-state index in [2.05, 4.69) is 10.6 Å². The van der Waals surface area contributed by atoms with Crippen LogP contribution in [-0.4, -0.2) is 53.5 Å². The maximum Gasteiger partial charge on any atom is 0.279 e. The molecule has 0 bridgehead atoms. The molecule has 2 saturated heterocycles. The predicted octanol–water partition coefficient (Wildman–Crippen LogP) is -0.368. The van der Waals surface area contributed by atoms with Gasteiger partial charge in [0.15, 0.2) is 0 Å². The topological polar surface area (TPSA) is 61.4 Å². The first kappa shape index (κ1) is 10.8. The van der Waals surface area contributed by atoms with Crippen molar-refractivity contribution in [1.29, 1.82) is 0 Å². The third-order valence-electron chi connectivity index (χ3n) is 2.76. The van der Waals surface area contributed by atoms with Crippen LogP contribution < -0.4 is 10.6 Å².